The van der Waals surface area contributed by atoms with Gasteiger partial charge in [0.15, 0.2) is 0 Å². The second-order valence-electron chi connectivity index (χ2n) is 4.25. The van der Waals surface area contributed by atoms with Crippen molar-refractivity contribution < 1.29 is 9.66 Å². The smallest absolute Gasteiger partial charge is 0.288 e. The number of nitrogens with zero attached hydrogens (tertiary/aromatic N) is 1. The Labute approximate surface area is 126 Å². The summed E-state index contributed by atoms with van der Waals surface area (Å²) in [6, 6.07) is 9.91. The SMILES string of the molecule is Cc1ccc(COc2ccc([N+](=O)[O-])c(Cl)c2)c(Cl)c1. The molecular weight excluding hydrogens is 301 g/mol. The normalized spacial score (nSPS) is 10.3. The van der Waals surface area contributed by atoms with Gasteiger partial charge in [-0.3, -0.25) is 10.1 Å². The lowest BCUT2D eigenvalue weighted by atomic mass is 10.1. The molecule has 0 aliphatic rings. The Hall–Kier alpha value is -1.78. The van der Waals surface area contributed by atoms with Crippen LogP contribution < -0.4 is 4.74 Å². The molecule has 0 N–H and O–H groups in total. The third kappa shape index (κ3) is 3.40. The Kier molecular flexibility index (Phi) is 4.47. The van der Waals surface area contributed by atoms with Gasteiger partial charge >= 0.3 is 0 Å². The number of aryl methyl sites for hydroxylation is 1. The summed E-state index contributed by atoms with van der Waals surface area (Å²) >= 11 is 11.9. The maximum atomic E-state index is 10.7. The highest BCUT2D eigenvalue weighted by Crippen LogP contribution is 2.29. The van der Waals surface area contributed by atoms with Crippen molar-refractivity contribution >= 4 is 28.9 Å². The van der Waals surface area contributed by atoms with Crippen LogP contribution in [0.5, 0.6) is 5.75 Å². The predicted octanol–water partition coefficient (Wildman–Crippen LogP) is 4.79. The van der Waals surface area contributed by atoms with E-state index in [9.17, 15) is 10.1 Å². The van der Waals surface area contributed by atoms with E-state index in [1.807, 2.05) is 25.1 Å². The van der Waals surface area contributed by atoms with Crippen molar-refractivity contribution in [2.75, 3.05) is 0 Å². The molecule has 2 aromatic rings. The Bertz CT molecular complexity index is 659. The van der Waals surface area contributed by atoms with E-state index in [1.165, 1.54) is 18.2 Å². The van der Waals surface area contributed by atoms with E-state index in [4.69, 9.17) is 27.9 Å². The molecule has 0 atom stereocenters. The van der Waals surface area contributed by atoms with Gasteiger partial charge in [0.05, 0.1) is 4.92 Å². The van der Waals surface area contributed by atoms with Gasteiger partial charge in [-0.25, -0.2) is 0 Å². The molecule has 0 unspecified atom stereocenters. The molecule has 0 aliphatic heterocycles. The first-order valence-electron chi connectivity index (χ1n) is 5.79. The minimum Gasteiger partial charge on any atom is -0.489 e. The van der Waals surface area contributed by atoms with Gasteiger partial charge in [-0.15, -0.1) is 0 Å². The van der Waals surface area contributed by atoms with Crippen molar-refractivity contribution in [2.45, 2.75) is 13.5 Å². The number of hydrogen-bond donors (Lipinski definition) is 0. The molecule has 2 aromatic carbocycles. The summed E-state index contributed by atoms with van der Waals surface area (Å²) in [7, 11) is 0. The topological polar surface area (TPSA) is 52.4 Å². The molecule has 0 bridgehead atoms. The average molecular weight is 312 g/mol. The minimum absolute atomic E-state index is 0.0440. The van der Waals surface area contributed by atoms with Crippen LogP contribution in [-0.2, 0) is 6.61 Å². The maximum Gasteiger partial charge on any atom is 0.288 e. The van der Waals surface area contributed by atoms with Crippen LogP contribution in [0.25, 0.3) is 0 Å². The molecule has 0 aliphatic carbocycles. The van der Waals surface area contributed by atoms with Gasteiger partial charge in [-0.1, -0.05) is 35.3 Å². The van der Waals surface area contributed by atoms with E-state index in [0.29, 0.717) is 10.8 Å². The van der Waals surface area contributed by atoms with Crippen LogP contribution in [0.2, 0.25) is 10.0 Å². The highest BCUT2D eigenvalue weighted by atomic mass is 35.5. The van der Waals surface area contributed by atoms with Crippen LogP contribution in [0, 0.1) is 17.0 Å². The van der Waals surface area contributed by atoms with Crippen LogP contribution in [0.4, 0.5) is 5.69 Å². The molecule has 0 radical (unpaired) electrons. The Morgan fingerprint density at radius 3 is 2.50 bits per heavy atom. The first-order valence-corrected chi connectivity index (χ1v) is 6.55. The second-order valence-corrected chi connectivity index (χ2v) is 5.07. The molecular formula is C14H11Cl2NO3. The van der Waals surface area contributed by atoms with E-state index < -0.39 is 4.92 Å². The first kappa shape index (κ1) is 14.6. The Balaban J connectivity index is 2.11. The standard InChI is InChI=1S/C14H11Cl2NO3/c1-9-2-3-10(12(15)6-9)8-20-11-4-5-14(17(18)19)13(16)7-11/h2-7H,8H2,1H3. The van der Waals surface area contributed by atoms with Crippen molar-refractivity contribution in [1.29, 1.82) is 0 Å². The van der Waals surface area contributed by atoms with Crippen molar-refractivity contribution in [3.05, 3.63) is 67.7 Å². The number of ether oxygens (including phenoxy) is 1. The molecule has 0 spiro atoms. The second kappa shape index (κ2) is 6.11. The molecule has 6 heteroatoms. The van der Waals surface area contributed by atoms with Gasteiger partial charge in [0.1, 0.15) is 17.4 Å². The monoisotopic (exact) mass is 311 g/mol. The lowest BCUT2D eigenvalue weighted by molar-refractivity contribution is -0.384. The molecule has 0 fully saturated rings. The van der Waals surface area contributed by atoms with E-state index in [2.05, 4.69) is 0 Å². The molecule has 2 rings (SSSR count). The van der Waals surface area contributed by atoms with E-state index in [0.717, 1.165) is 11.1 Å². The van der Waals surface area contributed by atoms with Crippen molar-refractivity contribution in [2.24, 2.45) is 0 Å². The zero-order chi connectivity index (χ0) is 14.7. The predicted molar refractivity (Wildman–Crippen MR) is 78.6 cm³/mol. The fourth-order valence-corrected chi connectivity index (χ4v) is 2.19. The third-order valence-electron chi connectivity index (χ3n) is 2.72. The van der Waals surface area contributed by atoms with E-state index >= 15 is 0 Å². The van der Waals surface area contributed by atoms with Crippen LogP contribution in [0.3, 0.4) is 0 Å². The fraction of sp³-hybridized carbons (Fsp3) is 0.143. The number of benzene rings is 2. The molecule has 4 nitrogen and oxygen atoms in total. The summed E-state index contributed by atoms with van der Waals surface area (Å²) < 4.78 is 5.54. The van der Waals surface area contributed by atoms with Gasteiger partial charge in [0.25, 0.3) is 5.69 Å². The average Bonchev–Trinajstić information content (AvgIpc) is 2.37. The van der Waals surface area contributed by atoms with E-state index in [1.54, 1.807) is 0 Å². The number of nitro groups is 1. The van der Waals surface area contributed by atoms with Gasteiger partial charge in [-0.2, -0.15) is 0 Å². The van der Waals surface area contributed by atoms with Crippen LogP contribution in [-0.4, -0.2) is 4.92 Å². The molecule has 0 aromatic heterocycles. The number of nitro benzene ring substituents is 1. The highest BCUT2D eigenvalue weighted by molar-refractivity contribution is 6.32. The van der Waals surface area contributed by atoms with Gasteiger partial charge < -0.3 is 4.74 Å². The largest absolute Gasteiger partial charge is 0.489 e. The molecule has 0 saturated carbocycles. The molecule has 104 valence electrons. The van der Waals surface area contributed by atoms with Crippen molar-refractivity contribution in [3.8, 4) is 5.75 Å². The lowest BCUT2D eigenvalue weighted by Crippen LogP contribution is -1.97. The quantitative estimate of drug-likeness (QED) is 0.602. The number of hydrogen-bond acceptors (Lipinski definition) is 3. The van der Waals surface area contributed by atoms with Crippen molar-refractivity contribution in [3.63, 3.8) is 0 Å². The van der Waals surface area contributed by atoms with Crippen LogP contribution in [0.15, 0.2) is 36.4 Å². The number of halogens is 2. The van der Waals surface area contributed by atoms with Crippen LogP contribution >= 0.6 is 23.2 Å². The first-order chi connectivity index (χ1) is 9.47. The molecule has 20 heavy (non-hydrogen) atoms. The fourth-order valence-electron chi connectivity index (χ4n) is 1.66. The van der Waals surface area contributed by atoms with E-state index in [-0.39, 0.29) is 17.3 Å². The minimum atomic E-state index is -0.539. The summed E-state index contributed by atoms with van der Waals surface area (Å²) in [6.45, 7) is 2.22. The van der Waals surface area contributed by atoms with Gasteiger partial charge in [0.2, 0.25) is 0 Å². The Morgan fingerprint density at radius 1 is 1.15 bits per heavy atom. The maximum absolute atomic E-state index is 10.7. The molecule has 0 heterocycles. The van der Waals surface area contributed by atoms with Crippen LogP contribution in [0.1, 0.15) is 11.1 Å². The Morgan fingerprint density at radius 2 is 1.90 bits per heavy atom. The van der Waals surface area contributed by atoms with Crippen molar-refractivity contribution in [1.82, 2.24) is 0 Å². The summed E-state index contributed by atoms with van der Waals surface area (Å²) in [5, 5.41) is 11.3. The van der Waals surface area contributed by atoms with Gasteiger partial charge in [-0.05, 0) is 24.6 Å². The lowest BCUT2D eigenvalue weighted by Gasteiger charge is -2.08. The van der Waals surface area contributed by atoms with Gasteiger partial charge in [0, 0.05) is 22.7 Å². The summed E-state index contributed by atoms with van der Waals surface area (Å²) in [5.74, 6) is 0.456. The summed E-state index contributed by atoms with van der Waals surface area (Å²) in [5.41, 5.74) is 1.76. The molecule has 0 amide bonds. The zero-order valence-electron chi connectivity index (χ0n) is 10.6. The summed E-state index contributed by atoms with van der Waals surface area (Å²) in [6.07, 6.45) is 0. The molecule has 0 saturated heterocycles. The summed E-state index contributed by atoms with van der Waals surface area (Å²) in [4.78, 5) is 10.1. The third-order valence-corrected chi connectivity index (χ3v) is 3.37. The zero-order valence-corrected chi connectivity index (χ0v) is 12.1. The highest BCUT2D eigenvalue weighted by Gasteiger charge is 2.12. The number of rotatable bonds is 4.